The van der Waals surface area contributed by atoms with Crippen LogP contribution in [0.15, 0.2) is 59.7 Å². The Hall–Kier alpha value is -3.51. The highest BCUT2D eigenvalue weighted by Crippen LogP contribution is 2.28. The number of carbonyl (C=O) groups is 1. The molecule has 33 heavy (non-hydrogen) atoms. The number of benzene rings is 3. The van der Waals surface area contributed by atoms with Gasteiger partial charge in [-0.25, -0.2) is 5.43 Å². The van der Waals surface area contributed by atoms with Crippen molar-refractivity contribution in [3.05, 3.63) is 87.4 Å². The van der Waals surface area contributed by atoms with Crippen LogP contribution < -0.4 is 19.6 Å². The molecule has 0 fully saturated rings. The van der Waals surface area contributed by atoms with E-state index >= 15 is 0 Å². The third kappa shape index (κ3) is 6.99. The number of rotatable bonds is 9. The summed E-state index contributed by atoms with van der Waals surface area (Å²) in [6.07, 6.45) is 1.53. The molecule has 3 aromatic carbocycles. The molecule has 0 aliphatic rings. The molecule has 0 aliphatic heterocycles. The molecular weight excluding hydrogens is 440 g/mol. The fourth-order valence-electron chi connectivity index (χ4n) is 3.13. The third-order valence-electron chi connectivity index (χ3n) is 5.02. The summed E-state index contributed by atoms with van der Waals surface area (Å²) in [6, 6.07) is 16.8. The average Bonchev–Trinajstić information content (AvgIpc) is 2.80. The number of ether oxygens (including phenoxy) is 3. The van der Waals surface area contributed by atoms with Gasteiger partial charge < -0.3 is 14.2 Å². The summed E-state index contributed by atoms with van der Waals surface area (Å²) < 4.78 is 16.9. The molecule has 1 N–H and O–H groups in total. The van der Waals surface area contributed by atoms with Crippen molar-refractivity contribution in [3.63, 3.8) is 0 Å². The highest BCUT2D eigenvalue weighted by Gasteiger charge is 2.08. The first-order valence-corrected chi connectivity index (χ1v) is 10.8. The lowest BCUT2D eigenvalue weighted by molar-refractivity contribution is -0.123. The zero-order chi connectivity index (χ0) is 23.8. The Balaban J connectivity index is 1.54. The van der Waals surface area contributed by atoms with Gasteiger partial charge in [0.15, 0.2) is 18.1 Å². The standard InChI is InChI=1S/C26H27ClN2O4/c1-17-11-18(2)19(3)24(12-17)33-16-26(30)29-28-14-21-7-10-23(25(13-21)31-4)32-15-20-5-8-22(27)9-6-20/h5-14H,15-16H2,1-4H3,(H,29,30)/b28-14+. The van der Waals surface area contributed by atoms with Gasteiger partial charge in [-0.2, -0.15) is 5.10 Å². The lowest BCUT2D eigenvalue weighted by Crippen LogP contribution is -2.24. The van der Waals surface area contributed by atoms with Crippen LogP contribution in [-0.2, 0) is 11.4 Å². The van der Waals surface area contributed by atoms with Crippen molar-refractivity contribution in [1.29, 1.82) is 0 Å². The minimum absolute atomic E-state index is 0.123. The molecular formula is C26H27ClN2O4. The van der Waals surface area contributed by atoms with Crippen molar-refractivity contribution in [2.75, 3.05) is 13.7 Å². The largest absolute Gasteiger partial charge is 0.493 e. The number of amides is 1. The van der Waals surface area contributed by atoms with Gasteiger partial charge in [-0.15, -0.1) is 0 Å². The van der Waals surface area contributed by atoms with Gasteiger partial charge in [0.25, 0.3) is 5.91 Å². The van der Waals surface area contributed by atoms with Gasteiger partial charge >= 0.3 is 0 Å². The van der Waals surface area contributed by atoms with Gasteiger partial charge in [0.2, 0.25) is 0 Å². The number of aryl methyl sites for hydroxylation is 2. The van der Waals surface area contributed by atoms with Crippen LogP contribution in [0.2, 0.25) is 5.02 Å². The summed E-state index contributed by atoms with van der Waals surface area (Å²) in [5.41, 5.74) is 7.44. The van der Waals surface area contributed by atoms with E-state index in [9.17, 15) is 4.79 Å². The normalized spacial score (nSPS) is 10.8. The Bertz CT molecular complexity index is 1140. The predicted octanol–water partition coefficient (Wildman–Crippen LogP) is 5.38. The Morgan fingerprint density at radius 1 is 0.970 bits per heavy atom. The second kappa shape index (κ2) is 11.4. The maximum absolute atomic E-state index is 12.1. The summed E-state index contributed by atoms with van der Waals surface area (Å²) in [5.74, 6) is 1.52. The summed E-state index contributed by atoms with van der Waals surface area (Å²) >= 11 is 5.91. The molecule has 0 spiro atoms. The first kappa shape index (κ1) is 24.1. The zero-order valence-corrected chi connectivity index (χ0v) is 19.9. The summed E-state index contributed by atoms with van der Waals surface area (Å²) in [4.78, 5) is 12.1. The molecule has 7 heteroatoms. The monoisotopic (exact) mass is 466 g/mol. The smallest absolute Gasteiger partial charge is 0.277 e. The molecule has 172 valence electrons. The van der Waals surface area contributed by atoms with Gasteiger partial charge in [0, 0.05) is 5.02 Å². The van der Waals surface area contributed by atoms with E-state index in [0.717, 1.165) is 27.8 Å². The molecule has 1 amide bonds. The van der Waals surface area contributed by atoms with E-state index in [2.05, 4.69) is 16.6 Å². The number of hydrogen-bond donors (Lipinski definition) is 1. The minimum atomic E-state index is -0.348. The molecule has 3 rings (SSSR count). The van der Waals surface area contributed by atoms with E-state index in [4.69, 9.17) is 25.8 Å². The van der Waals surface area contributed by atoms with Crippen molar-refractivity contribution in [2.45, 2.75) is 27.4 Å². The van der Waals surface area contributed by atoms with Crippen molar-refractivity contribution in [2.24, 2.45) is 5.10 Å². The van der Waals surface area contributed by atoms with Crippen LogP contribution in [0.3, 0.4) is 0 Å². The fraction of sp³-hybridized carbons (Fsp3) is 0.231. The van der Waals surface area contributed by atoms with E-state index in [0.29, 0.717) is 28.9 Å². The zero-order valence-electron chi connectivity index (χ0n) is 19.1. The molecule has 0 bridgehead atoms. The summed E-state index contributed by atoms with van der Waals surface area (Å²) in [5, 5.41) is 4.68. The predicted molar refractivity (Wildman–Crippen MR) is 131 cm³/mol. The van der Waals surface area contributed by atoms with Gasteiger partial charge in [-0.3, -0.25) is 4.79 Å². The number of methoxy groups -OCH3 is 1. The number of hydrazone groups is 1. The van der Waals surface area contributed by atoms with Crippen LogP contribution in [0.1, 0.15) is 27.8 Å². The summed E-state index contributed by atoms with van der Waals surface area (Å²) in [7, 11) is 1.57. The lowest BCUT2D eigenvalue weighted by atomic mass is 10.1. The van der Waals surface area contributed by atoms with Crippen LogP contribution >= 0.6 is 11.6 Å². The van der Waals surface area contributed by atoms with Crippen LogP contribution in [-0.4, -0.2) is 25.8 Å². The van der Waals surface area contributed by atoms with E-state index in [1.54, 1.807) is 19.2 Å². The van der Waals surface area contributed by atoms with Crippen molar-refractivity contribution < 1.29 is 19.0 Å². The molecule has 0 aliphatic carbocycles. The van der Waals surface area contributed by atoms with Crippen LogP contribution in [0, 0.1) is 20.8 Å². The van der Waals surface area contributed by atoms with Gasteiger partial charge in [-0.1, -0.05) is 29.8 Å². The molecule has 0 aromatic heterocycles. The van der Waals surface area contributed by atoms with Crippen LogP contribution in [0.4, 0.5) is 0 Å². The van der Waals surface area contributed by atoms with Crippen molar-refractivity contribution in [1.82, 2.24) is 5.43 Å². The van der Waals surface area contributed by atoms with Crippen LogP contribution in [0.5, 0.6) is 17.2 Å². The van der Waals surface area contributed by atoms with Crippen LogP contribution in [0.25, 0.3) is 0 Å². The maximum Gasteiger partial charge on any atom is 0.277 e. The molecule has 0 radical (unpaired) electrons. The highest BCUT2D eigenvalue weighted by atomic mass is 35.5. The van der Waals surface area contributed by atoms with E-state index in [-0.39, 0.29) is 12.5 Å². The van der Waals surface area contributed by atoms with Crippen molar-refractivity contribution in [3.8, 4) is 17.2 Å². The molecule has 0 atom stereocenters. The third-order valence-corrected chi connectivity index (χ3v) is 5.27. The molecule has 0 unspecified atom stereocenters. The number of halogens is 1. The number of nitrogens with one attached hydrogen (secondary N) is 1. The first-order chi connectivity index (χ1) is 15.9. The van der Waals surface area contributed by atoms with E-state index in [1.165, 1.54) is 6.21 Å². The Morgan fingerprint density at radius 3 is 2.45 bits per heavy atom. The SMILES string of the molecule is COc1cc(/C=N/NC(=O)COc2cc(C)cc(C)c2C)ccc1OCc1ccc(Cl)cc1. The number of hydrogen-bond acceptors (Lipinski definition) is 5. The second-order valence-corrected chi connectivity index (χ2v) is 8.05. The minimum Gasteiger partial charge on any atom is -0.493 e. The average molecular weight is 467 g/mol. The second-order valence-electron chi connectivity index (χ2n) is 7.61. The molecule has 3 aromatic rings. The first-order valence-electron chi connectivity index (χ1n) is 10.4. The van der Waals surface area contributed by atoms with Gasteiger partial charge in [-0.05, 0) is 85.0 Å². The Labute approximate surface area is 199 Å². The Morgan fingerprint density at radius 2 is 1.73 bits per heavy atom. The quantitative estimate of drug-likeness (QED) is 0.339. The lowest BCUT2D eigenvalue weighted by Gasteiger charge is -2.12. The van der Waals surface area contributed by atoms with Crippen molar-refractivity contribution >= 4 is 23.7 Å². The van der Waals surface area contributed by atoms with Gasteiger partial charge in [0.1, 0.15) is 12.4 Å². The fourth-order valence-corrected chi connectivity index (χ4v) is 3.26. The molecule has 6 nitrogen and oxygen atoms in total. The molecule has 0 saturated carbocycles. The topological polar surface area (TPSA) is 69.2 Å². The number of nitrogens with zero attached hydrogens (tertiary/aromatic N) is 1. The summed E-state index contributed by atoms with van der Waals surface area (Å²) in [6.45, 7) is 6.24. The Kier molecular flexibility index (Phi) is 8.33. The molecule has 0 heterocycles. The molecule has 0 saturated heterocycles. The number of carbonyl (C=O) groups excluding carboxylic acids is 1. The van der Waals surface area contributed by atoms with Gasteiger partial charge in [0.05, 0.1) is 13.3 Å². The highest BCUT2D eigenvalue weighted by molar-refractivity contribution is 6.30. The van der Waals surface area contributed by atoms with E-state index in [1.807, 2.05) is 57.2 Å². The maximum atomic E-state index is 12.1. The van der Waals surface area contributed by atoms with E-state index < -0.39 is 0 Å².